The van der Waals surface area contributed by atoms with Crippen LogP contribution >= 0.6 is 0 Å². The normalized spacial score (nSPS) is 21.2. The van der Waals surface area contributed by atoms with Gasteiger partial charge in [0.05, 0.1) is 22.7 Å². The van der Waals surface area contributed by atoms with Crippen LogP contribution < -0.4 is 4.72 Å². The van der Waals surface area contributed by atoms with E-state index in [0.717, 1.165) is 10.6 Å². The maximum absolute atomic E-state index is 12.1. The van der Waals surface area contributed by atoms with Gasteiger partial charge in [-0.25, -0.2) is 30.0 Å². The Bertz CT molecular complexity index is 879. The zero-order valence-corrected chi connectivity index (χ0v) is 15.6. The fourth-order valence-electron chi connectivity index (χ4n) is 2.59. The molecule has 1 N–H and O–H groups in total. The molecule has 1 aliphatic heterocycles. The van der Waals surface area contributed by atoms with Crippen LogP contribution in [0, 0.1) is 0 Å². The average molecular weight is 397 g/mol. The molecule has 1 aliphatic rings. The van der Waals surface area contributed by atoms with Crippen molar-refractivity contribution < 1.29 is 25.3 Å². The van der Waals surface area contributed by atoms with Gasteiger partial charge in [-0.15, -0.1) is 0 Å². The van der Waals surface area contributed by atoms with Crippen molar-refractivity contribution in [2.75, 3.05) is 30.9 Å². The molecule has 24 heavy (non-hydrogen) atoms. The Morgan fingerprint density at radius 1 is 1.17 bits per heavy atom. The molecule has 0 bridgehead atoms. The molecular weight excluding hydrogens is 376 g/mol. The van der Waals surface area contributed by atoms with E-state index >= 15 is 0 Å². The van der Waals surface area contributed by atoms with Crippen LogP contribution in [0.1, 0.15) is 6.42 Å². The van der Waals surface area contributed by atoms with Crippen molar-refractivity contribution in [3.8, 4) is 0 Å². The first-order valence-corrected chi connectivity index (χ1v) is 12.4. The second-order valence-corrected chi connectivity index (χ2v) is 11.6. The average Bonchev–Trinajstić information content (AvgIpc) is 2.83. The first-order chi connectivity index (χ1) is 11.0. The van der Waals surface area contributed by atoms with Crippen LogP contribution in [0.25, 0.3) is 0 Å². The summed E-state index contributed by atoms with van der Waals surface area (Å²) in [5.41, 5.74) is 0. The molecule has 0 aliphatic carbocycles. The van der Waals surface area contributed by atoms with Gasteiger partial charge in [-0.1, -0.05) is 18.2 Å². The van der Waals surface area contributed by atoms with Crippen LogP contribution in [0.5, 0.6) is 0 Å². The number of sulfone groups is 1. The maximum atomic E-state index is 12.1. The Balaban J connectivity index is 2.05. The van der Waals surface area contributed by atoms with E-state index in [0.29, 0.717) is 0 Å². The highest BCUT2D eigenvalue weighted by Gasteiger charge is 2.36. The summed E-state index contributed by atoms with van der Waals surface area (Å²) >= 11 is 0. The van der Waals surface area contributed by atoms with Crippen molar-refractivity contribution in [1.29, 1.82) is 0 Å². The van der Waals surface area contributed by atoms with E-state index in [2.05, 4.69) is 4.72 Å². The van der Waals surface area contributed by atoms with Gasteiger partial charge in [0, 0.05) is 19.1 Å². The predicted octanol–water partition coefficient (Wildman–Crippen LogP) is -0.586. The lowest BCUT2D eigenvalue weighted by atomic mass is 10.2. The summed E-state index contributed by atoms with van der Waals surface area (Å²) in [4.78, 5) is 0.0827. The van der Waals surface area contributed by atoms with E-state index in [9.17, 15) is 25.3 Å². The fraction of sp³-hybridized carbons (Fsp3) is 0.538. The molecule has 136 valence electrons. The Morgan fingerprint density at radius 2 is 1.79 bits per heavy atom. The van der Waals surface area contributed by atoms with Crippen LogP contribution in [0.15, 0.2) is 35.2 Å². The van der Waals surface area contributed by atoms with Crippen molar-refractivity contribution in [1.82, 2.24) is 9.03 Å². The molecule has 1 fully saturated rings. The SMILES string of the molecule is CS(=O)(=O)N(CCNS(=O)(=O)c1ccccc1)C1CCS(=O)(=O)C1. The Morgan fingerprint density at radius 3 is 2.29 bits per heavy atom. The van der Waals surface area contributed by atoms with Crippen LogP contribution in [0.2, 0.25) is 0 Å². The van der Waals surface area contributed by atoms with Gasteiger partial charge in [0.1, 0.15) is 0 Å². The Labute approximate surface area is 142 Å². The monoisotopic (exact) mass is 396 g/mol. The third-order valence-electron chi connectivity index (χ3n) is 3.72. The van der Waals surface area contributed by atoms with E-state index < -0.39 is 35.9 Å². The van der Waals surface area contributed by atoms with E-state index in [4.69, 9.17) is 0 Å². The van der Waals surface area contributed by atoms with Gasteiger partial charge in [-0.3, -0.25) is 0 Å². The van der Waals surface area contributed by atoms with Gasteiger partial charge in [0.25, 0.3) is 0 Å². The van der Waals surface area contributed by atoms with Gasteiger partial charge >= 0.3 is 0 Å². The molecule has 0 radical (unpaired) electrons. The highest BCUT2D eigenvalue weighted by molar-refractivity contribution is 7.92. The summed E-state index contributed by atoms with van der Waals surface area (Å²) in [6.07, 6.45) is 1.21. The van der Waals surface area contributed by atoms with E-state index in [1.807, 2.05) is 0 Å². The van der Waals surface area contributed by atoms with Gasteiger partial charge in [0.15, 0.2) is 9.84 Å². The smallest absolute Gasteiger partial charge is 0.229 e. The second-order valence-electron chi connectivity index (χ2n) is 5.64. The number of benzene rings is 1. The summed E-state index contributed by atoms with van der Waals surface area (Å²) in [5, 5.41) is 0. The predicted molar refractivity (Wildman–Crippen MR) is 90.2 cm³/mol. The summed E-state index contributed by atoms with van der Waals surface area (Å²) in [7, 11) is -10.6. The van der Waals surface area contributed by atoms with Crippen molar-refractivity contribution in [2.24, 2.45) is 0 Å². The molecule has 1 aromatic carbocycles. The first kappa shape index (κ1) is 19.3. The molecule has 1 aromatic rings. The van der Waals surface area contributed by atoms with Crippen LogP contribution in [-0.2, 0) is 29.9 Å². The highest BCUT2D eigenvalue weighted by atomic mass is 32.2. The lowest BCUT2D eigenvalue weighted by Gasteiger charge is -2.25. The number of nitrogens with zero attached hydrogens (tertiary/aromatic N) is 1. The van der Waals surface area contributed by atoms with E-state index in [1.54, 1.807) is 18.2 Å². The zero-order chi connectivity index (χ0) is 18.0. The van der Waals surface area contributed by atoms with Gasteiger partial charge < -0.3 is 0 Å². The van der Waals surface area contributed by atoms with Crippen molar-refractivity contribution in [3.63, 3.8) is 0 Å². The number of hydrogen-bond acceptors (Lipinski definition) is 6. The second kappa shape index (κ2) is 7.08. The molecule has 2 rings (SSSR count). The topological polar surface area (TPSA) is 118 Å². The molecule has 0 saturated carbocycles. The lowest BCUT2D eigenvalue weighted by Crippen LogP contribution is -2.44. The molecule has 0 amide bonds. The Kier molecular flexibility index (Phi) is 5.70. The first-order valence-electron chi connectivity index (χ1n) is 7.23. The van der Waals surface area contributed by atoms with Crippen LogP contribution in [0.3, 0.4) is 0 Å². The van der Waals surface area contributed by atoms with Crippen LogP contribution in [-0.4, -0.2) is 66.5 Å². The number of nitrogens with one attached hydrogen (secondary N) is 1. The maximum Gasteiger partial charge on any atom is 0.240 e. The molecule has 8 nitrogen and oxygen atoms in total. The molecule has 11 heteroatoms. The zero-order valence-electron chi connectivity index (χ0n) is 13.1. The largest absolute Gasteiger partial charge is 0.240 e. The third-order valence-corrected chi connectivity index (χ3v) is 8.28. The minimum Gasteiger partial charge on any atom is -0.229 e. The van der Waals surface area contributed by atoms with Gasteiger partial charge in [0.2, 0.25) is 20.0 Å². The summed E-state index contributed by atoms with van der Waals surface area (Å²) < 4.78 is 74.6. The van der Waals surface area contributed by atoms with Crippen LogP contribution in [0.4, 0.5) is 0 Å². The minimum absolute atomic E-state index is 0.0561. The van der Waals surface area contributed by atoms with Crippen molar-refractivity contribution >= 4 is 29.9 Å². The molecule has 1 saturated heterocycles. The number of sulfonamides is 2. The van der Waals surface area contributed by atoms with E-state index in [1.165, 1.54) is 12.1 Å². The number of hydrogen-bond donors (Lipinski definition) is 1. The lowest BCUT2D eigenvalue weighted by molar-refractivity contribution is 0.346. The van der Waals surface area contributed by atoms with Gasteiger partial charge in [-0.2, -0.15) is 4.31 Å². The minimum atomic E-state index is -3.74. The van der Waals surface area contributed by atoms with E-state index in [-0.39, 0.29) is 35.9 Å². The molecular formula is C13H20N2O6S3. The molecule has 1 unspecified atom stereocenters. The highest BCUT2D eigenvalue weighted by Crippen LogP contribution is 2.19. The van der Waals surface area contributed by atoms with Gasteiger partial charge in [-0.05, 0) is 18.6 Å². The quantitative estimate of drug-likeness (QED) is 0.658. The molecule has 0 aromatic heterocycles. The summed E-state index contributed by atoms with van der Waals surface area (Å²) in [5.74, 6) is -0.287. The summed E-state index contributed by atoms with van der Waals surface area (Å²) in [6, 6.07) is 7.07. The van der Waals surface area contributed by atoms with Crippen molar-refractivity contribution in [2.45, 2.75) is 17.4 Å². The molecule has 1 atom stereocenters. The molecule has 0 spiro atoms. The molecule has 1 heterocycles. The summed E-state index contributed by atoms with van der Waals surface area (Å²) in [6.45, 7) is -0.258. The fourth-order valence-corrected chi connectivity index (χ4v) is 6.61. The standard InChI is InChI=1S/C13H20N2O6S3/c1-22(16,17)15(12-7-10-23(18,19)11-12)9-8-14-24(20,21)13-5-3-2-4-6-13/h2-6,12,14H,7-11H2,1H3. The van der Waals surface area contributed by atoms with Crippen molar-refractivity contribution in [3.05, 3.63) is 30.3 Å². The number of rotatable bonds is 7. The third kappa shape index (κ3) is 4.99. The Hall–Kier alpha value is -1.01.